The molecule has 1 aromatic heterocycles. The lowest BCUT2D eigenvalue weighted by Gasteiger charge is -2.39. The highest BCUT2D eigenvalue weighted by Gasteiger charge is 2.32. The number of ether oxygens (including phenoxy) is 1. The van der Waals surface area contributed by atoms with Crippen LogP contribution < -0.4 is 4.74 Å². The van der Waals surface area contributed by atoms with Crippen molar-refractivity contribution in [2.45, 2.75) is 6.10 Å². The molecule has 31 heavy (non-hydrogen) atoms. The van der Waals surface area contributed by atoms with E-state index < -0.39 is 0 Å². The molecule has 1 aliphatic rings. The van der Waals surface area contributed by atoms with Crippen molar-refractivity contribution in [3.8, 4) is 28.6 Å². The minimum Gasteiger partial charge on any atom is -0.487 e. The lowest BCUT2D eigenvalue weighted by molar-refractivity contribution is 0.0178. The Hall–Kier alpha value is -4.00. The molecule has 0 unspecified atom stereocenters. The molecule has 1 saturated heterocycles. The Bertz CT molecular complexity index is 1200. The average molecular weight is 415 g/mol. The number of nitrogens with zero attached hydrogens (tertiary/aromatic N) is 3. The van der Waals surface area contributed by atoms with E-state index in [-0.39, 0.29) is 17.8 Å². The van der Waals surface area contributed by atoms with Gasteiger partial charge in [-0.2, -0.15) is 4.98 Å². The third-order valence-corrected chi connectivity index (χ3v) is 5.07. The topological polar surface area (TPSA) is 68.5 Å². The van der Waals surface area contributed by atoms with Crippen molar-refractivity contribution >= 4 is 5.91 Å². The van der Waals surface area contributed by atoms with Crippen molar-refractivity contribution in [1.29, 1.82) is 0 Å². The minimum absolute atomic E-state index is 0.109. The molecule has 2 heterocycles. The van der Waals surface area contributed by atoms with E-state index >= 15 is 0 Å². The number of carbonyl (C=O) groups excluding carboxylic acids is 1. The Kier molecular flexibility index (Phi) is 4.92. The van der Waals surface area contributed by atoms with E-state index in [1.807, 2.05) is 54.6 Å². The van der Waals surface area contributed by atoms with Gasteiger partial charge in [-0.05, 0) is 42.5 Å². The van der Waals surface area contributed by atoms with Gasteiger partial charge in [0.25, 0.3) is 11.8 Å². The van der Waals surface area contributed by atoms with Gasteiger partial charge < -0.3 is 14.2 Å². The first-order valence-electron chi connectivity index (χ1n) is 9.87. The molecule has 3 aromatic carbocycles. The van der Waals surface area contributed by atoms with Crippen LogP contribution >= 0.6 is 0 Å². The second-order valence-electron chi connectivity index (χ2n) is 7.27. The first kappa shape index (κ1) is 19.0. The molecule has 0 aliphatic carbocycles. The zero-order valence-electron chi connectivity index (χ0n) is 16.4. The molecule has 0 saturated carbocycles. The van der Waals surface area contributed by atoms with Crippen molar-refractivity contribution in [1.82, 2.24) is 15.0 Å². The highest BCUT2D eigenvalue weighted by Crippen LogP contribution is 2.27. The van der Waals surface area contributed by atoms with Crippen molar-refractivity contribution in [2.75, 3.05) is 13.1 Å². The van der Waals surface area contributed by atoms with Crippen LogP contribution in [0.15, 0.2) is 83.4 Å². The standard InChI is InChI=1S/C24H18FN3O3/c25-19-11-9-17(10-12-19)24(29)28-14-21(15-28)30-20-8-4-7-18(13-20)23-26-22(27-31-23)16-5-2-1-3-6-16/h1-13,21H,14-15H2. The SMILES string of the molecule is O=C(c1ccc(F)cc1)N1CC(Oc2cccc(-c3nc(-c4ccccc4)no3)c2)C1. The summed E-state index contributed by atoms with van der Waals surface area (Å²) in [6, 6.07) is 22.6. The Morgan fingerprint density at radius 1 is 0.968 bits per heavy atom. The summed E-state index contributed by atoms with van der Waals surface area (Å²) >= 11 is 0. The predicted octanol–water partition coefficient (Wildman–Crippen LogP) is 4.45. The molecule has 7 heteroatoms. The molecular weight excluding hydrogens is 397 g/mol. The Labute approximate surface area is 177 Å². The predicted molar refractivity (Wildman–Crippen MR) is 112 cm³/mol. The van der Waals surface area contributed by atoms with Gasteiger partial charge in [0, 0.05) is 16.7 Å². The fourth-order valence-electron chi connectivity index (χ4n) is 3.39. The van der Waals surface area contributed by atoms with Crippen LogP contribution in [-0.4, -0.2) is 40.1 Å². The van der Waals surface area contributed by atoms with Crippen molar-refractivity contribution < 1.29 is 18.4 Å². The molecule has 4 aromatic rings. The number of aromatic nitrogens is 2. The van der Waals surface area contributed by atoms with Gasteiger partial charge in [-0.15, -0.1) is 0 Å². The van der Waals surface area contributed by atoms with Crippen molar-refractivity contribution in [3.63, 3.8) is 0 Å². The number of halogens is 1. The van der Waals surface area contributed by atoms with Gasteiger partial charge in [-0.3, -0.25) is 4.79 Å². The zero-order valence-corrected chi connectivity index (χ0v) is 16.4. The number of carbonyl (C=O) groups is 1. The monoisotopic (exact) mass is 415 g/mol. The second-order valence-corrected chi connectivity index (χ2v) is 7.27. The zero-order chi connectivity index (χ0) is 21.2. The number of hydrogen-bond donors (Lipinski definition) is 0. The lowest BCUT2D eigenvalue weighted by Crippen LogP contribution is -2.56. The maximum Gasteiger partial charge on any atom is 0.258 e. The van der Waals surface area contributed by atoms with Crippen LogP contribution in [0.2, 0.25) is 0 Å². The highest BCUT2D eigenvalue weighted by atomic mass is 19.1. The van der Waals surface area contributed by atoms with Gasteiger partial charge in [-0.25, -0.2) is 4.39 Å². The summed E-state index contributed by atoms with van der Waals surface area (Å²) in [5.41, 5.74) is 2.10. The van der Waals surface area contributed by atoms with E-state index in [4.69, 9.17) is 9.26 Å². The smallest absolute Gasteiger partial charge is 0.258 e. The average Bonchev–Trinajstić information content (AvgIpc) is 3.27. The van der Waals surface area contributed by atoms with Gasteiger partial charge in [0.1, 0.15) is 17.7 Å². The van der Waals surface area contributed by atoms with Crippen LogP contribution in [0.5, 0.6) is 5.75 Å². The van der Waals surface area contributed by atoms with Gasteiger partial charge >= 0.3 is 0 Å². The number of likely N-dealkylation sites (tertiary alicyclic amines) is 1. The number of benzene rings is 3. The highest BCUT2D eigenvalue weighted by molar-refractivity contribution is 5.94. The van der Waals surface area contributed by atoms with Crippen LogP contribution in [-0.2, 0) is 0 Å². The summed E-state index contributed by atoms with van der Waals surface area (Å²) < 4.78 is 24.4. The minimum atomic E-state index is -0.363. The van der Waals surface area contributed by atoms with Crippen LogP contribution in [0.25, 0.3) is 22.8 Å². The van der Waals surface area contributed by atoms with E-state index in [2.05, 4.69) is 10.1 Å². The molecule has 0 radical (unpaired) electrons. The van der Waals surface area contributed by atoms with Crippen LogP contribution in [0.3, 0.4) is 0 Å². The molecule has 0 atom stereocenters. The molecule has 5 rings (SSSR count). The fourth-order valence-corrected chi connectivity index (χ4v) is 3.39. The van der Waals surface area contributed by atoms with E-state index in [1.54, 1.807) is 4.90 Å². The van der Waals surface area contributed by atoms with Gasteiger partial charge in [0.2, 0.25) is 5.82 Å². The largest absolute Gasteiger partial charge is 0.487 e. The molecule has 0 bridgehead atoms. The third-order valence-electron chi connectivity index (χ3n) is 5.07. The van der Waals surface area contributed by atoms with E-state index in [0.29, 0.717) is 36.1 Å². The molecule has 1 fully saturated rings. The third kappa shape index (κ3) is 4.02. The molecule has 1 aliphatic heterocycles. The first-order valence-corrected chi connectivity index (χ1v) is 9.87. The Morgan fingerprint density at radius 3 is 2.48 bits per heavy atom. The van der Waals surface area contributed by atoms with Crippen LogP contribution in [0.4, 0.5) is 4.39 Å². The summed E-state index contributed by atoms with van der Waals surface area (Å²) in [6.45, 7) is 0.943. The Morgan fingerprint density at radius 2 is 1.71 bits per heavy atom. The molecule has 0 spiro atoms. The maximum atomic E-state index is 13.0. The van der Waals surface area contributed by atoms with Crippen molar-refractivity contribution in [3.05, 3.63) is 90.2 Å². The Balaban J connectivity index is 1.22. The second kappa shape index (κ2) is 8.02. The normalized spacial score (nSPS) is 13.6. The number of rotatable bonds is 5. The van der Waals surface area contributed by atoms with E-state index in [1.165, 1.54) is 24.3 Å². The summed E-state index contributed by atoms with van der Waals surface area (Å²) in [6.07, 6.45) is -0.109. The van der Waals surface area contributed by atoms with E-state index in [9.17, 15) is 9.18 Å². The summed E-state index contributed by atoms with van der Waals surface area (Å²) in [5.74, 6) is 1.10. The molecular formula is C24H18FN3O3. The first-order chi connectivity index (χ1) is 15.2. The fraction of sp³-hybridized carbons (Fsp3) is 0.125. The maximum absolute atomic E-state index is 13.0. The van der Waals surface area contributed by atoms with Gasteiger partial charge in [-0.1, -0.05) is 41.6 Å². The molecule has 6 nitrogen and oxygen atoms in total. The summed E-state index contributed by atoms with van der Waals surface area (Å²) in [5, 5.41) is 4.05. The molecule has 154 valence electrons. The molecule has 1 amide bonds. The lowest BCUT2D eigenvalue weighted by atomic mass is 10.1. The number of amides is 1. The quantitative estimate of drug-likeness (QED) is 0.482. The van der Waals surface area contributed by atoms with Gasteiger partial charge in [0.05, 0.1) is 13.1 Å². The number of hydrogen-bond acceptors (Lipinski definition) is 5. The van der Waals surface area contributed by atoms with Crippen LogP contribution in [0, 0.1) is 5.82 Å². The summed E-state index contributed by atoms with van der Waals surface area (Å²) in [7, 11) is 0. The van der Waals surface area contributed by atoms with Gasteiger partial charge in [0.15, 0.2) is 0 Å². The van der Waals surface area contributed by atoms with Crippen molar-refractivity contribution in [2.24, 2.45) is 0 Å². The molecule has 0 N–H and O–H groups in total. The van der Waals surface area contributed by atoms with Crippen LogP contribution in [0.1, 0.15) is 10.4 Å². The summed E-state index contributed by atoms with van der Waals surface area (Å²) in [4.78, 5) is 18.6. The van der Waals surface area contributed by atoms with E-state index in [0.717, 1.165) is 11.1 Å².